The van der Waals surface area contributed by atoms with Crippen LogP contribution in [0.2, 0.25) is 0 Å². The number of aromatic nitrogens is 4. The van der Waals surface area contributed by atoms with Gasteiger partial charge in [-0.15, -0.1) is 0 Å². The molecule has 1 fully saturated rings. The fraction of sp³-hybridized carbons (Fsp3) is 0.320. The molecule has 182 valence electrons. The van der Waals surface area contributed by atoms with Crippen molar-refractivity contribution in [3.63, 3.8) is 0 Å². The van der Waals surface area contributed by atoms with Gasteiger partial charge in [-0.3, -0.25) is 4.57 Å². The third-order valence-corrected chi connectivity index (χ3v) is 6.52. The maximum absolute atomic E-state index is 14.5. The topological polar surface area (TPSA) is 77.2 Å². The number of nitrogens with one attached hydrogen (secondary N) is 1. The van der Waals surface area contributed by atoms with E-state index in [1.807, 2.05) is 11.9 Å². The molecular formula is C25H26F2N6O2. The Kier molecular flexibility index (Phi) is 6.21. The molecule has 1 aliphatic rings. The van der Waals surface area contributed by atoms with Gasteiger partial charge in [0.2, 0.25) is 5.95 Å². The zero-order valence-corrected chi connectivity index (χ0v) is 19.5. The Morgan fingerprint density at radius 2 is 1.86 bits per heavy atom. The number of imidazole rings is 1. The Morgan fingerprint density at radius 1 is 1.14 bits per heavy atom. The molecule has 0 radical (unpaired) electrons. The van der Waals surface area contributed by atoms with Crippen molar-refractivity contribution in [3.05, 3.63) is 76.3 Å². The van der Waals surface area contributed by atoms with Gasteiger partial charge in [0.25, 0.3) is 0 Å². The third-order valence-electron chi connectivity index (χ3n) is 6.52. The summed E-state index contributed by atoms with van der Waals surface area (Å²) in [6.45, 7) is 1.53. The first-order valence-corrected chi connectivity index (χ1v) is 11.5. The van der Waals surface area contributed by atoms with Crippen molar-refractivity contribution < 1.29 is 13.5 Å². The average Bonchev–Trinajstić information content (AvgIpc) is 3.16. The summed E-state index contributed by atoms with van der Waals surface area (Å²) >= 11 is 0. The van der Waals surface area contributed by atoms with Crippen molar-refractivity contribution in [2.75, 3.05) is 32.1 Å². The highest BCUT2D eigenvalue weighted by atomic mass is 19.1. The molecule has 5 rings (SSSR count). The van der Waals surface area contributed by atoms with E-state index in [0.717, 1.165) is 25.9 Å². The summed E-state index contributed by atoms with van der Waals surface area (Å²) in [6, 6.07) is 10.9. The molecule has 10 heteroatoms. The van der Waals surface area contributed by atoms with E-state index in [9.17, 15) is 13.6 Å². The van der Waals surface area contributed by atoms with Crippen molar-refractivity contribution in [1.82, 2.24) is 24.4 Å². The number of nitrogens with zero attached hydrogens (tertiary/aromatic N) is 5. The Morgan fingerprint density at radius 3 is 2.57 bits per heavy atom. The zero-order chi connectivity index (χ0) is 24.5. The molecule has 1 saturated heterocycles. The van der Waals surface area contributed by atoms with Gasteiger partial charge < -0.3 is 15.0 Å². The largest absolute Gasteiger partial charge is 0.497 e. The number of methoxy groups -OCH3 is 1. The van der Waals surface area contributed by atoms with Crippen molar-refractivity contribution >= 4 is 17.1 Å². The summed E-state index contributed by atoms with van der Waals surface area (Å²) in [6.07, 6.45) is 3.45. The number of ether oxygens (including phenoxy) is 1. The highest BCUT2D eigenvalue weighted by Gasteiger charge is 2.24. The summed E-state index contributed by atoms with van der Waals surface area (Å²) in [4.78, 5) is 24.9. The smallest absolute Gasteiger partial charge is 0.335 e. The fourth-order valence-corrected chi connectivity index (χ4v) is 4.53. The van der Waals surface area contributed by atoms with E-state index in [4.69, 9.17) is 9.72 Å². The van der Waals surface area contributed by atoms with E-state index >= 15 is 0 Å². The monoisotopic (exact) mass is 480 g/mol. The molecule has 4 aromatic rings. The highest BCUT2D eigenvalue weighted by molar-refractivity contribution is 5.75. The van der Waals surface area contributed by atoms with Gasteiger partial charge in [0.1, 0.15) is 22.9 Å². The highest BCUT2D eigenvalue weighted by Crippen LogP contribution is 2.24. The quantitative estimate of drug-likeness (QED) is 0.457. The predicted molar refractivity (Wildman–Crippen MR) is 129 cm³/mol. The summed E-state index contributed by atoms with van der Waals surface area (Å²) in [5.74, 6) is -0.392. The van der Waals surface area contributed by atoms with Crippen LogP contribution in [0, 0.1) is 11.6 Å². The van der Waals surface area contributed by atoms with Crippen LogP contribution in [0.4, 0.5) is 14.7 Å². The predicted octanol–water partition coefficient (Wildman–Crippen LogP) is 3.11. The molecule has 1 aliphatic heterocycles. The van der Waals surface area contributed by atoms with Crippen LogP contribution in [0.1, 0.15) is 18.4 Å². The van der Waals surface area contributed by atoms with Crippen LogP contribution in [0.25, 0.3) is 16.9 Å². The number of piperidine rings is 1. The van der Waals surface area contributed by atoms with Gasteiger partial charge in [0.05, 0.1) is 25.5 Å². The second kappa shape index (κ2) is 9.46. The molecule has 2 aromatic heterocycles. The Labute approximate surface area is 200 Å². The molecule has 0 amide bonds. The number of benzene rings is 2. The first-order valence-electron chi connectivity index (χ1n) is 11.5. The normalized spacial score (nSPS) is 14.4. The number of hydrogen-bond acceptors (Lipinski definition) is 6. The standard InChI is InChI=1S/C25H26F2N6O2/c1-31(16-9-11-28-12-10-16)24-29-14-22-23(30-24)33(17-5-3-6-18(13-17)35-2)25(34)32(22)15-19-20(26)7-4-8-21(19)27/h3-8,13-14,16,28H,9-12,15H2,1-2H3. The van der Waals surface area contributed by atoms with Crippen LogP contribution >= 0.6 is 0 Å². The second-order valence-electron chi connectivity index (χ2n) is 8.58. The van der Waals surface area contributed by atoms with Gasteiger partial charge in [-0.2, -0.15) is 4.98 Å². The molecule has 2 aromatic carbocycles. The first-order chi connectivity index (χ1) is 17.0. The summed E-state index contributed by atoms with van der Waals surface area (Å²) in [5.41, 5.74) is 0.581. The van der Waals surface area contributed by atoms with Gasteiger partial charge >= 0.3 is 5.69 Å². The maximum atomic E-state index is 14.5. The Balaban J connectivity index is 1.69. The molecule has 0 saturated carbocycles. The first kappa shape index (κ1) is 23.0. The summed E-state index contributed by atoms with van der Waals surface area (Å²) < 4.78 is 37.0. The number of anilines is 1. The lowest BCUT2D eigenvalue weighted by Gasteiger charge is -2.31. The number of rotatable bonds is 6. The van der Waals surface area contributed by atoms with Gasteiger partial charge in [-0.25, -0.2) is 23.1 Å². The molecule has 35 heavy (non-hydrogen) atoms. The molecule has 0 spiro atoms. The van der Waals surface area contributed by atoms with E-state index in [1.54, 1.807) is 37.6 Å². The van der Waals surface area contributed by atoms with Gasteiger partial charge in [-0.1, -0.05) is 12.1 Å². The SMILES string of the molecule is COc1cccc(-n2c(=O)n(Cc3c(F)cccc3F)c3cnc(N(C)C4CCNCC4)nc32)c1. The minimum Gasteiger partial charge on any atom is -0.497 e. The van der Waals surface area contributed by atoms with Crippen molar-refractivity contribution in [1.29, 1.82) is 0 Å². The molecule has 1 N–H and O–H groups in total. The fourth-order valence-electron chi connectivity index (χ4n) is 4.53. The van der Waals surface area contributed by atoms with Crippen LogP contribution in [0.5, 0.6) is 5.75 Å². The Hall–Kier alpha value is -3.79. The molecule has 3 heterocycles. The average molecular weight is 481 g/mol. The van der Waals surface area contributed by atoms with Gasteiger partial charge in [-0.05, 0) is 50.2 Å². The van der Waals surface area contributed by atoms with E-state index < -0.39 is 17.3 Å². The molecule has 0 aliphatic carbocycles. The molecule has 0 atom stereocenters. The van der Waals surface area contributed by atoms with Crippen LogP contribution in [0.15, 0.2) is 53.5 Å². The van der Waals surface area contributed by atoms with Crippen LogP contribution in [-0.4, -0.2) is 52.4 Å². The number of halogens is 2. The van der Waals surface area contributed by atoms with E-state index in [-0.39, 0.29) is 18.2 Å². The van der Waals surface area contributed by atoms with Crippen LogP contribution in [0.3, 0.4) is 0 Å². The second-order valence-corrected chi connectivity index (χ2v) is 8.58. The minimum atomic E-state index is -0.720. The lowest BCUT2D eigenvalue weighted by molar-refractivity contribution is 0.414. The minimum absolute atomic E-state index is 0.199. The van der Waals surface area contributed by atoms with Crippen molar-refractivity contribution in [3.8, 4) is 11.4 Å². The molecule has 0 unspecified atom stereocenters. The van der Waals surface area contributed by atoms with Gasteiger partial charge in [0.15, 0.2) is 5.65 Å². The zero-order valence-electron chi connectivity index (χ0n) is 19.5. The molecule has 0 bridgehead atoms. The summed E-state index contributed by atoms with van der Waals surface area (Å²) in [7, 11) is 3.48. The van der Waals surface area contributed by atoms with E-state index in [0.29, 0.717) is 28.5 Å². The van der Waals surface area contributed by atoms with Gasteiger partial charge in [0, 0.05) is 24.7 Å². The van der Waals surface area contributed by atoms with E-state index in [2.05, 4.69) is 10.3 Å². The molecule has 8 nitrogen and oxygen atoms in total. The van der Waals surface area contributed by atoms with Crippen LogP contribution in [-0.2, 0) is 6.54 Å². The van der Waals surface area contributed by atoms with E-state index in [1.165, 1.54) is 27.3 Å². The third kappa shape index (κ3) is 4.25. The number of fused-ring (bicyclic) bond motifs is 1. The maximum Gasteiger partial charge on any atom is 0.335 e. The van der Waals surface area contributed by atoms with Crippen molar-refractivity contribution in [2.45, 2.75) is 25.4 Å². The van der Waals surface area contributed by atoms with Crippen molar-refractivity contribution in [2.24, 2.45) is 0 Å². The lowest BCUT2D eigenvalue weighted by atomic mass is 10.1. The summed E-state index contributed by atoms with van der Waals surface area (Å²) in [5, 5.41) is 3.35. The molecular weight excluding hydrogens is 454 g/mol. The Bertz CT molecular complexity index is 1410. The lowest BCUT2D eigenvalue weighted by Crippen LogP contribution is -2.41. The van der Waals surface area contributed by atoms with Crippen LogP contribution < -0.4 is 20.6 Å². The number of hydrogen-bond donors (Lipinski definition) is 1.